The average Bonchev–Trinajstić information content (AvgIpc) is 2.55. The lowest BCUT2D eigenvalue weighted by Crippen LogP contribution is -3.00. The Morgan fingerprint density at radius 3 is 2.35 bits per heavy atom. The molecule has 0 atom stereocenters. The number of hydrogen-bond donors (Lipinski definition) is 0. The van der Waals surface area contributed by atoms with Gasteiger partial charge in [0.1, 0.15) is 5.69 Å². The third kappa shape index (κ3) is 3.20. The number of fused-ring (bicyclic) bond motifs is 2. The fraction of sp³-hybridized carbons (Fsp3) is 0.100. The van der Waals surface area contributed by atoms with Gasteiger partial charge in [0.2, 0.25) is 0 Å². The number of aromatic nitrogens is 2. The van der Waals surface area contributed by atoms with Crippen LogP contribution in [-0.4, -0.2) is 4.98 Å². The van der Waals surface area contributed by atoms with E-state index < -0.39 is 0 Å². The summed E-state index contributed by atoms with van der Waals surface area (Å²) in [5, 5.41) is 3.73. The molecule has 0 fully saturated rings. The first-order valence-electron chi connectivity index (χ1n) is 7.53. The lowest BCUT2D eigenvalue weighted by molar-refractivity contribution is -0.693. The number of aryl methyl sites for hydroxylation is 1. The first-order valence-corrected chi connectivity index (χ1v) is 7.53. The van der Waals surface area contributed by atoms with E-state index in [1.54, 1.807) is 0 Å². The van der Waals surface area contributed by atoms with Gasteiger partial charge in [0.15, 0.2) is 18.4 Å². The van der Waals surface area contributed by atoms with Crippen LogP contribution in [0.25, 0.3) is 21.7 Å². The van der Waals surface area contributed by atoms with E-state index in [0.717, 1.165) is 17.8 Å². The Kier molecular flexibility index (Phi) is 4.57. The van der Waals surface area contributed by atoms with Gasteiger partial charge >= 0.3 is 0 Å². The van der Waals surface area contributed by atoms with Crippen molar-refractivity contribution in [2.45, 2.75) is 13.5 Å². The fourth-order valence-electron chi connectivity index (χ4n) is 2.88. The number of benzene rings is 2. The van der Waals surface area contributed by atoms with Crippen LogP contribution < -0.4 is 28.5 Å². The summed E-state index contributed by atoms with van der Waals surface area (Å²) in [5.74, 6) is 0. The SMILES string of the molecule is Cc1cc2ccccc2c[n+]1Cc1ccc2ccccc2n1.[I-]. The zero-order chi connectivity index (χ0) is 14.9. The number of para-hydroxylation sites is 1. The first-order chi connectivity index (χ1) is 10.8. The molecule has 0 aliphatic carbocycles. The highest BCUT2D eigenvalue weighted by molar-refractivity contribution is 5.81. The number of rotatable bonds is 2. The van der Waals surface area contributed by atoms with Crippen LogP contribution in [-0.2, 0) is 6.54 Å². The lowest BCUT2D eigenvalue weighted by atomic mass is 10.1. The highest BCUT2D eigenvalue weighted by Crippen LogP contribution is 2.14. The molecule has 0 aliphatic rings. The van der Waals surface area contributed by atoms with Crippen molar-refractivity contribution in [2.24, 2.45) is 0 Å². The van der Waals surface area contributed by atoms with E-state index in [4.69, 9.17) is 4.98 Å². The van der Waals surface area contributed by atoms with Crippen LogP contribution >= 0.6 is 0 Å². The largest absolute Gasteiger partial charge is 1.00 e. The smallest absolute Gasteiger partial charge is 0.190 e. The van der Waals surface area contributed by atoms with Crippen molar-refractivity contribution in [2.75, 3.05) is 0 Å². The van der Waals surface area contributed by atoms with Gasteiger partial charge in [0.05, 0.1) is 5.52 Å². The second-order valence-corrected chi connectivity index (χ2v) is 5.67. The molecule has 0 amide bonds. The van der Waals surface area contributed by atoms with Gasteiger partial charge in [-0.3, -0.25) is 0 Å². The molecule has 23 heavy (non-hydrogen) atoms. The molecule has 2 aromatic heterocycles. The van der Waals surface area contributed by atoms with Gasteiger partial charge in [-0.2, -0.15) is 4.57 Å². The van der Waals surface area contributed by atoms with E-state index in [1.807, 2.05) is 12.1 Å². The number of nitrogens with zero attached hydrogens (tertiary/aromatic N) is 2. The Balaban J connectivity index is 0.00000156. The molecule has 0 radical (unpaired) electrons. The minimum atomic E-state index is 0. The molecule has 2 heterocycles. The normalized spacial score (nSPS) is 10.7. The molecule has 0 saturated heterocycles. The third-order valence-corrected chi connectivity index (χ3v) is 4.10. The minimum Gasteiger partial charge on any atom is -1.00 e. The van der Waals surface area contributed by atoms with Crippen LogP contribution in [0.5, 0.6) is 0 Å². The minimum absolute atomic E-state index is 0. The monoisotopic (exact) mass is 412 g/mol. The van der Waals surface area contributed by atoms with Crippen LogP contribution in [0.2, 0.25) is 0 Å². The first kappa shape index (κ1) is 15.9. The van der Waals surface area contributed by atoms with Crippen LogP contribution in [0.4, 0.5) is 0 Å². The second-order valence-electron chi connectivity index (χ2n) is 5.67. The molecule has 114 valence electrons. The van der Waals surface area contributed by atoms with Crippen molar-refractivity contribution in [3.05, 3.63) is 84.3 Å². The zero-order valence-electron chi connectivity index (χ0n) is 12.9. The molecule has 0 saturated carbocycles. The maximum absolute atomic E-state index is 4.77. The summed E-state index contributed by atoms with van der Waals surface area (Å²) in [4.78, 5) is 4.77. The van der Waals surface area contributed by atoms with E-state index in [1.165, 1.54) is 21.9 Å². The van der Waals surface area contributed by atoms with E-state index in [2.05, 4.69) is 72.3 Å². The van der Waals surface area contributed by atoms with Crippen LogP contribution in [0.1, 0.15) is 11.4 Å². The maximum atomic E-state index is 4.77. The van der Waals surface area contributed by atoms with E-state index in [9.17, 15) is 0 Å². The molecular weight excluding hydrogens is 395 g/mol. The van der Waals surface area contributed by atoms with Crippen molar-refractivity contribution in [3.8, 4) is 0 Å². The van der Waals surface area contributed by atoms with Crippen molar-refractivity contribution in [1.82, 2.24) is 4.98 Å². The highest BCUT2D eigenvalue weighted by atomic mass is 127. The van der Waals surface area contributed by atoms with Gasteiger partial charge in [0, 0.05) is 23.8 Å². The molecule has 0 unspecified atom stereocenters. The average molecular weight is 412 g/mol. The van der Waals surface area contributed by atoms with Gasteiger partial charge < -0.3 is 24.0 Å². The molecule has 3 heteroatoms. The lowest BCUT2D eigenvalue weighted by Gasteiger charge is -2.04. The van der Waals surface area contributed by atoms with E-state index >= 15 is 0 Å². The molecule has 2 nitrogen and oxygen atoms in total. The molecule has 4 aromatic rings. The maximum Gasteiger partial charge on any atom is 0.190 e. The quantitative estimate of drug-likeness (QED) is 0.355. The predicted molar refractivity (Wildman–Crippen MR) is 89.7 cm³/mol. The number of pyridine rings is 2. The summed E-state index contributed by atoms with van der Waals surface area (Å²) in [5.41, 5.74) is 3.38. The Hall–Kier alpha value is -2.01. The summed E-state index contributed by atoms with van der Waals surface area (Å²) in [6.45, 7) is 2.94. The van der Waals surface area contributed by atoms with Crippen molar-refractivity contribution in [1.29, 1.82) is 0 Å². The summed E-state index contributed by atoms with van der Waals surface area (Å²) < 4.78 is 2.26. The van der Waals surface area contributed by atoms with E-state index in [-0.39, 0.29) is 24.0 Å². The predicted octanol–water partition coefficient (Wildman–Crippen LogP) is 1.04. The summed E-state index contributed by atoms with van der Waals surface area (Å²) in [7, 11) is 0. The van der Waals surface area contributed by atoms with Crippen LogP contribution in [0, 0.1) is 6.92 Å². The van der Waals surface area contributed by atoms with Crippen molar-refractivity contribution >= 4 is 21.7 Å². The van der Waals surface area contributed by atoms with Crippen LogP contribution in [0.3, 0.4) is 0 Å². The summed E-state index contributed by atoms with van der Waals surface area (Å²) in [6, 6.07) is 23.2. The molecular formula is C20H17IN2. The van der Waals surface area contributed by atoms with Gasteiger partial charge in [-0.25, -0.2) is 4.98 Å². The Bertz CT molecular complexity index is 979. The zero-order valence-corrected chi connectivity index (χ0v) is 15.1. The van der Waals surface area contributed by atoms with Crippen molar-refractivity contribution < 1.29 is 28.5 Å². The molecule has 2 aromatic carbocycles. The summed E-state index contributed by atoms with van der Waals surface area (Å²) >= 11 is 0. The Morgan fingerprint density at radius 2 is 1.52 bits per heavy atom. The van der Waals surface area contributed by atoms with Crippen LogP contribution in [0.15, 0.2) is 72.9 Å². The Morgan fingerprint density at radius 1 is 0.826 bits per heavy atom. The molecule has 4 rings (SSSR count). The molecule has 0 bridgehead atoms. The second kappa shape index (κ2) is 6.62. The summed E-state index contributed by atoms with van der Waals surface area (Å²) in [6.07, 6.45) is 2.21. The molecule has 0 spiro atoms. The molecule has 0 N–H and O–H groups in total. The van der Waals surface area contributed by atoms with Crippen molar-refractivity contribution in [3.63, 3.8) is 0 Å². The Labute approximate surface area is 152 Å². The van der Waals surface area contributed by atoms with E-state index in [0.29, 0.717) is 0 Å². The van der Waals surface area contributed by atoms with Gasteiger partial charge in [-0.05, 0) is 23.6 Å². The van der Waals surface area contributed by atoms with Gasteiger partial charge in [0.25, 0.3) is 0 Å². The van der Waals surface area contributed by atoms with Gasteiger partial charge in [-0.15, -0.1) is 0 Å². The standard InChI is InChI=1S/C20H17N2.HI/c1-15-12-17-7-2-3-8-18(17)13-22(15)14-19-11-10-16-6-4-5-9-20(16)21-19;/h2-13H,14H2,1H3;1H/q+1;/p-1. The topological polar surface area (TPSA) is 16.8 Å². The highest BCUT2D eigenvalue weighted by Gasteiger charge is 2.10. The molecule has 0 aliphatic heterocycles. The van der Waals surface area contributed by atoms with Gasteiger partial charge in [-0.1, -0.05) is 42.5 Å². The number of hydrogen-bond acceptors (Lipinski definition) is 1. The number of halogens is 1. The fourth-order valence-corrected chi connectivity index (χ4v) is 2.88. The third-order valence-electron chi connectivity index (χ3n) is 4.10.